The normalized spacial score (nSPS) is 12.8. The summed E-state index contributed by atoms with van der Waals surface area (Å²) in [4.78, 5) is 6.79. The van der Waals surface area contributed by atoms with Crippen molar-refractivity contribution < 1.29 is 4.74 Å². The molecule has 0 bridgehead atoms. The van der Waals surface area contributed by atoms with Crippen molar-refractivity contribution in [2.75, 3.05) is 33.4 Å². The van der Waals surface area contributed by atoms with Gasteiger partial charge in [-0.1, -0.05) is 19.9 Å². The number of nitrogens with one attached hydrogen (secondary N) is 1. The van der Waals surface area contributed by atoms with Crippen molar-refractivity contribution in [1.82, 2.24) is 15.2 Å². The van der Waals surface area contributed by atoms with E-state index in [1.807, 2.05) is 18.3 Å². The maximum Gasteiger partial charge on any atom is 0.0628 e. The summed E-state index contributed by atoms with van der Waals surface area (Å²) in [6, 6.07) is 6.45. The van der Waals surface area contributed by atoms with Crippen LogP contribution in [0.1, 0.15) is 26.0 Å². The molecule has 0 radical (unpaired) electrons. The van der Waals surface area contributed by atoms with Gasteiger partial charge in [0.2, 0.25) is 0 Å². The van der Waals surface area contributed by atoms with Crippen LogP contribution in [0.15, 0.2) is 24.4 Å². The molecular formula is C15H27N3O. The fourth-order valence-corrected chi connectivity index (χ4v) is 2.06. The van der Waals surface area contributed by atoms with Crippen LogP contribution < -0.4 is 5.32 Å². The topological polar surface area (TPSA) is 37.4 Å². The van der Waals surface area contributed by atoms with E-state index >= 15 is 0 Å². The molecule has 0 aliphatic carbocycles. The summed E-state index contributed by atoms with van der Waals surface area (Å²) in [7, 11) is 1.76. The Morgan fingerprint density at radius 3 is 2.79 bits per heavy atom. The van der Waals surface area contributed by atoms with E-state index in [4.69, 9.17) is 4.74 Å². The summed E-state index contributed by atoms with van der Waals surface area (Å²) in [6.07, 6.45) is 3.00. The van der Waals surface area contributed by atoms with Crippen LogP contribution in [0.3, 0.4) is 0 Å². The van der Waals surface area contributed by atoms with Crippen LogP contribution in [-0.2, 0) is 11.3 Å². The standard InChI is InChI=1S/C15H27N3O/c1-4-9-16-15(13-19-3)12-18(5-2)11-14-8-6-7-10-17-14/h6-8,10,15-16H,4-5,9,11-13H2,1-3H3. The minimum atomic E-state index is 0.383. The zero-order chi connectivity index (χ0) is 13.9. The Morgan fingerprint density at radius 2 is 2.21 bits per heavy atom. The summed E-state index contributed by atoms with van der Waals surface area (Å²) in [6.45, 7) is 9.06. The van der Waals surface area contributed by atoms with Crippen molar-refractivity contribution in [3.8, 4) is 0 Å². The van der Waals surface area contributed by atoms with E-state index in [0.717, 1.165) is 44.9 Å². The molecular weight excluding hydrogens is 238 g/mol. The Labute approximate surface area is 117 Å². The third kappa shape index (κ3) is 6.66. The maximum atomic E-state index is 5.29. The maximum absolute atomic E-state index is 5.29. The van der Waals surface area contributed by atoms with Crippen LogP contribution in [0.2, 0.25) is 0 Å². The first kappa shape index (κ1) is 16.1. The second kappa shape index (κ2) is 9.89. The summed E-state index contributed by atoms with van der Waals surface area (Å²) < 4.78 is 5.29. The van der Waals surface area contributed by atoms with Gasteiger partial charge in [0.25, 0.3) is 0 Å². The SMILES string of the molecule is CCCNC(COC)CN(CC)Cc1ccccn1. The number of hydrogen-bond donors (Lipinski definition) is 1. The van der Waals surface area contributed by atoms with Crippen molar-refractivity contribution in [3.63, 3.8) is 0 Å². The summed E-state index contributed by atoms with van der Waals surface area (Å²) in [5.74, 6) is 0. The molecule has 0 aromatic carbocycles. The van der Waals surface area contributed by atoms with Gasteiger partial charge in [0, 0.05) is 32.4 Å². The van der Waals surface area contributed by atoms with Crippen LogP contribution in [0, 0.1) is 0 Å². The van der Waals surface area contributed by atoms with Gasteiger partial charge in [0.15, 0.2) is 0 Å². The van der Waals surface area contributed by atoms with Crippen LogP contribution in [-0.4, -0.2) is 49.3 Å². The number of rotatable bonds is 10. The first-order valence-corrected chi connectivity index (χ1v) is 7.14. The Morgan fingerprint density at radius 1 is 1.37 bits per heavy atom. The number of ether oxygens (including phenoxy) is 1. The third-order valence-electron chi connectivity index (χ3n) is 3.09. The highest BCUT2D eigenvalue weighted by atomic mass is 16.5. The molecule has 0 aliphatic rings. The molecule has 1 heterocycles. The average Bonchev–Trinajstić information content (AvgIpc) is 2.45. The van der Waals surface area contributed by atoms with Crippen molar-refractivity contribution >= 4 is 0 Å². The van der Waals surface area contributed by atoms with Crippen molar-refractivity contribution in [3.05, 3.63) is 30.1 Å². The van der Waals surface area contributed by atoms with Crippen LogP contribution in [0.5, 0.6) is 0 Å². The lowest BCUT2D eigenvalue weighted by Gasteiger charge is -2.26. The molecule has 0 amide bonds. The van der Waals surface area contributed by atoms with Crippen LogP contribution in [0.25, 0.3) is 0 Å². The largest absolute Gasteiger partial charge is 0.383 e. The Kier molecular flexibility index (Phi) is 8.38. The Hall–Kier alpha value is -0.970. The second-order valence-corrected chi connectivity index (χ2v) is 4.76. The van der Waals surface area contributed by atoms with Gasteiger partial charge in [-0.2, -0.15) is 0 Å². The quantitative estimate of drug-likeness (QED) is 0.701. The first-order chi connectivity index (χ1) is 9.30. The molecule has 0 aliphatic heterocycles. The fourth-order valence-electron chi connectivity index (χ4n) is 2.06. The van der Waals surface area contributed by atoms with Gasteiger partial charge in [-0.15, -0.1) is 0 Å². The van der Waals surface area contributed by atoms with Gasteiger partial charge in [0.1, 0.15) is 0 Å². The predicted octanol–water partition coefficient (Wildman–Crippen LogP) is 1.92. The minimum absolute atomic E-state index is 0.383. The minimum Gasteiger partial charge on any atom is -0.383 e. The molecule has 4 nitrogen and oxygen atoms in total. The highest BCUT2D eigenvalue weighted by Crippen LogP contribution is 2.02. The summed E-state index contributed by atoms with van der Waals surface area (Å²) in [5, 5.41) is 3.53. The van der Waals surface area contributed by atoms with E-state index in [1.165, 1.54) is 0 Å². The van der Waals surface area contributed by atoms with Gasteiger partial charge in [-0.3, -0.25) is 9.88 Å². The zero-order valence-electron chi connectivity index (χ0n) is 12.4. The molecule has 1 atom stereocenters. The third-order valence-corrected chi connectivity index (χ3v) is 3.09. The summed E-state index contributed by atoms with van der Waals surface area (Å²) in [5.41, 5.74) is 1.12. The van der Waals surface area contributed by atoms with E-state index in [9.17, 15) is 0 Å². The summed E-state index contributed by atoms with van der Waals surface area (Å²) >= 11 is 0. The molecule has 1 aromatic heterocycles. The number of aromatic nitrogens is 1. The van der Waals surface area contributed by atoms with Gasteiger partial charge >= 0.3 is 0 Å². The molecule has 0 saturated carbocycles. The second-order valence-electron chi connectivity index (χ2n) is 4.76. The molecule has 4 heteroatoms. The predicted molar refractivity (Wildman–Crippen MR) is 79.1 cm³/mol. The number of methoxy groups -OCH3 is 1. The zero-order valence-corrected chi connectivity index (χ0v) is 12.4. The Bertz CT molecular complexity index is 318. The van der Waals surface area contributed by atoms with E-state index in [0.29, 0.717) is 6.04 Å². The highest BCUT2D eigenvalue weighted by molar-refractivity contribution is 5.03. The molecule has 1 rings (SSSR count). The van der Waals surface area contributed by atoms with Crippen LogP contribution in [0.4, 0.5) is 0 Å². The van der Waals surface area contributed by atoms with Crippen molar-refractivity contribution in [1.29, 1.82) is 0 Å². The molecule has 19 heavy (non-hydrogen) atoms. The molecule has 108 valence electrons. The van der Waals surface area contributed by atoms with E-state index in [1.54, 1.807) is 7.11 Å². The average molecular weight is 265 g/mol. The van der Waals surface area contributed by atoms with E-state index < -0.39 is 0 Å². The molecule has 0 spiro atoms. The van der Waals surface area contributed by atoms with E-state index in [2.05, 4.69) is 35.1 Å². The van der Waals surface area contributed by atoms with Crippen molar-refractivity contribution in [2.24, 2.45) is 0 Å². The monoisotopic (exact) mass is 265 g/mol. The van der Waals surface area contributed by atoms with Crippen molar-refractivity contribution in [2.45, 2.75) is 32.9 Å². The highest BCUT2D eigenvalue weighted by Gasteiger charge is 2.13. The number of pyridine rings is 1. The molecule has 1 N–H and O–H groups in total. The lowest BCUT2D eigenvalue weighted by molar-refractivity contribution is 0.137. The molecule has 0 saturated heterocycles. The smallest absolute Gasteiger partial charge is 0.0628 e. The lowest BCUT2D eigenvalue weighted by Crippen LogP contribution is -2.44. The Balaban J connectivity index is 2.48. The molecule has 1 unspecified atom stereocenters. The lowest BCUT2D eigenvalue weighted by atomic mass is 10.2. The van der Waals surface area contributed by atoms with Gasteiger partial charge < -0.3 is 10.1 Å². The first-order valence-electron chi connectivity index (χ1n) is 7.14. The van der Waals surface area contributed by atoms with E-state index in [-0.39, 0.29) is 0 Å². The van der Waals surface area contributed by atoms with Gasteiger partial charge in [-0.05, 0) is 31.6 Å². The molecule has 1 aromatic rings. The molecule has 0 fully saturated rings. The van der Waals surface area contributed by atoms with Crippen LogP contribution >= 0.6 is 0 Å². The fraction of sp³-hybridized carbons (Fsp3) is 0.667. The van der Waals surface area contributed by atoms with Gasteiger partial charge in [0.05, 0.1) is 12.3 Å². The number of nitrogens with zero attached hydrogens (tertiary/aromatic N) is 2. The number of likely N-dealkylation sites (N-methyl/N-ethyl adjacent to an activating group) is 1. The van der Waals surface area contributed by atoms with Gasteiger partial charge in [-0.25, -0.2) is 0 Å². The number of hydrogen-bond acceptors (Lipinski definition) is 4.